The van der Waals surface area contributed by atoms with Crippen molar-refractivity contribution in [1.29, 1.82) is 0 Å². The summed E-state index contributed by atoms with van der Waals surface area (Å²) in [6.45, 7) is 7.22. The average molecular weight is 225 g/mol. The maximum atomic E-state index is 5.70. The van der Waals surface area contributed by atoms with Crippen molar-refractivity contribution < 1.29 is 0 Å². The van der Waals surface area contributed by atoms with E-state index < -0.39 is 0 Å². The standard InChI is InChI=1S/C11H19N3S/c1-8-9(12)5-6-10(14-8)13-7-11(2,3)15-4/h5-6H,7,12H2,1-4H3,(H,13,14). The molecule has 0 aliphatic heterocycles. The summed E-state index contributed by atoms with van der Waals surface area (Å²) in [5.74, 6) is 0.892. The van der Waals surface area contributed by atoms with E-state index >= 15 is 0 Å². The lowest BCUT2D eigenvalue weighted by Crippen LogP contribution is -2.26. The van der Waals surface area contributed by atoms with Gasteiger partial charge in [0.25, 0.3) is 0 Å². The Bertz CT molecular complexity index is 337. The van der Waals surface area contributed by atoms with Crippen molar-refractivity contribution in [2.45, 2.75) is 25.5 Å². The van der Waals surface area contributed by atoms with E-state index in [9.17, 15) is 0 Å². The number of thioether (sulfide) groups is 1. The lowest BCUT2D eigenvalue weighted by molar-refractivity contribution is 0.750. The Kier molecular flexibility index (Phi) is 3.85. The SMILES string of the molecule is CSC(C)(C)CNc1ccc(N)c(C)n1. The smallest absolute Gasteiger partial charge is 0.126 e. The highest BCUT2D eigenvalue weighted by Gasteiger charge is 2.15. The first kappa shape index (κ1) is 12.2. The van der Waals surface area contributed by atoms with Crippen molar-refractivity contribution in [3.63, 3.8) is 0 Å². The number of nitrogens with one attached hydrogen (secondary N) is 1. The fourth-order valence-electron chi connectivity index (χ4n) is 1.05. The van der Waals surface area contributed by atoms with Crippen molar-refractivity contribution in [2.75, 3.05) is 23.9 Å². The van der Waals surface area contributed by atoms with Gasteiger partial charge in [0.15, 0.2) is 0 Å². The number of anilines is 2. The van der Waals surface area contributed by atoms with Crippen LogP contribution >= 0.6 is 11.8 Å². The zero-order valence-electron chi connectivity index (χ0n) is 9.79. The van der Waals surface area contributed by atoms with Crippen molar-refractivity contribution in [3.05, 3.63) is 17.8 Å². The summed E-state index contributed by atoms with van der Waals surface area (Å²) in [4.78, 5) is 4.36. The minimum absolute atomic E-state index is 0.219. The van der Waals surface area contributed by atoms with Gasteiger partial charge in [0.2, 0.25) is 0 Å². The van der Waals surface area contributed by atoms with Gasteiger partial charge in [-0.3, -0.25) is 0 Å². The van der Waals surface area contributed by atoms with Gasteiger partial charge in [0.05, 0.1) is 11.4 Å². The van der Waals surface area contributed by atoms with E-state index in [4.69, 9.17) is 5.73 Å². The van der Waals surface area contributed by atoms with Crippen LogP contribution in [0.15, 0.2) is 12.1 Å². The Morgan fingerprint density at radius 3 is 2.67 bits per heavy atom. The third kappa shape index (κ3) is 3.63. The Morgan fingerprint density at radius 2 is 2.13 bits per heavy atom. The van der Waals surface area contributed by atoms with Crippen LogP contribution < -0.4 is 11.1 Å². The van der Waals surface area contributed by atoms with Gasteiger partial charge in [-0.25, -0.2) is 4.98 Å². The summed E-state index contributed by atoms with van der Waals surface area (Å²) in [7, 11) is 0. The van der Waals surface area contributed by atoms with Crippen LogP contribution in [-0.2, 0) is 0 Å². The molecule has 0 spiro atoms. The maximum absolute atomic E-state index is 5.70. The van der Waals surface area contributed by atoms with Gasteiger partial charge in [0, 0.05) is 11.3 Å². The summed E-state index contributed by atoms with van der Waals surface area (Å²) in [6.07, 6.45) is 2.11. The number of nitrogens with two attached hydrogens (primary N) is 1. The molecular weight excluding hydrogens is 206 g/mol. The zero-order chi connectivity index (χ0) is 11.5. The normalized spacial score (nSPS) is 11.5. The molecule has 1 heterocycles. The Hall–Kier alpha value is -0.900. The van der Waals surface area contributed by atoms with Crippen LogP contribution in [0.2, 0.25) is 0 Å². The highest BCUT2D eigenvalue weighted by atomic mass is 32.2. The lowest BCUT2D eigenvalue weighted by atomic mass is 10.2. The van der Waals surface area contributed by atoms with E-state index in [2.05, 4.69) is 30.4 Å². The van der Waals surface area contributed by atoms with E-state index in [0.29, 0.717) is 0 Å². The Balaban J connectivity index is 2.62. The van der Waals surface area contributed by atoms with Crippen LogP contribution in [0.4, 0.5) is 11.5 Å². The van der Waals surface area contributed by atoms with Crippen LogP contribution in [0.5, 0.6) is 0 Å². The fourth-order valence-corrected chi connectivity index (χ4v) is 1.26. The second-order valence-corrected chi connectivity index (χ2v) is 5.70. The van der Waals surface area contributed by atoms with Gasteiger partial charge in [-0.1, -0.05) is 0 Å². The van der Waals surface area contributed by atoms with Gasteiger partial charge in [-0.05, 0) is 39.2 Å². The van der Waals surface area contributed by atoms with E-state index in [1.165, 1.54) is 0 Å². The van der Waals surface area contributed by atoms with Gasteiger partial charge >= 0.3 is 0 Å². The Labute approximate surface area is 95.9 Å². The molecule has 3 N–H and O–H groups in total. The highest BCUT2D eigenvalue weighted by Crippen LogP contribution is 2.21. The summed E-state index contributed by atoms with van der Waals surface area (Å²) < 4.78 is 0.219. The second-order valence-electron chi connectivity index (χ2n) is 4.19. The molecule has 0 bridgehead atoms. The van der Waals surface area contributed by atoms with Gasteiger partial charge in [0.1, 0.15) is 5.82 Å². The molecule has 0 aromatic carbocycles. The first-order valence-corrected chi connectivity index (χ1v) is 6.19. The molecule has 0 aliphatic carbocycles. The van der Waals surface area contributed by atoms with Crippen LogP contribution in [0.3, 0.4) is 0 Å². The van der Waals surface area contributed by atoms with Crippen molar-refractivity contribution in [1.82, 2.24) is 4.98 Å². The van der Waals surface area contributed by atoms with Crippen molar-refractivity contribution in [2.24, 2.45) is 0 Å². The molecule has 0 fully saturated rings. The minimum Gasteiger partial charge on any atom is -0.397 e. The zero-order valence-corrected chi connectivity index (χ0v) is 10.6. The number of aryl methyl sites for hydroxylation is 1. The van der Waals surface area contributed by atoms with E-state index in [0.717, 1.165) is 23.7 Å². The number of hydrogen-bond acceptors (Lipinski definition) is 4. The summed E-state index contributed by atoms with van der Waals surface area (Å²) >= 11 is 1.84. The monoisotopic (exact) mass is 225 g/mol. The number of nitrogens with zero attached hydrogens (tertiary/aromatic N) is 1. The molecule has 1 aromatic rings. The average Bonchev–Trinajstić information content (AvgIpc) is 2.20. The van der Waals surface area contributed by atoms with Crippen molar-refractivity contribution in [3.8, 4) is 0 Å². The van der Waals surface area contributed by atoms with Gasteiger partial charge < -0.3 is 11.1 Å². The quantitative estimate of drug-likeness (QED) is 0.826. The third-order valence-corrected chi connectivity index (χ3v) is 3.62. The van der Waals surface area contributed by atoms with Crippen LogP contribution in [0, 0.1) is 6.92 Å². The molecule has 15 heavy (non-hydrogen) atoms. The van der Waals surface area contributed by atoms with E-state index in [1.54, 1.807) is 0 Å². The molecule has 0 radical (unpaired) electrons. The van der Waals surface area contributed by atoms with Gasteiger partial charge in [-0.15, -0.1) is 0 Å². The number of pyridine rings is 1. The van der Waals surface area contributed by atoms with Crippen molar-refractivity contribution >= 4 is 23.3 Å². The molecule has 1 rings (SSSR count). The highest BCUT2D eigenvalue weighted by molar-refractivity contribution is 7.99. The molecule has 0 saturated carbocycles. The summed E-state index contributed by atoms with van der Waals surface area (Å²) in [6, 6.07) is 3.80. The molecule has 0 saturated heterocycles. The Morgan fingerprint density at radius 1 is 1.47 bits per heavy atom. The fraction of sp³-hybridized carbons (Fsp3) is 0.545. The predicted molar refractivity (Wildman–Crippen MR) is 69.5 cm³/mol. The number of nitrogen functional groups attached to an aromatic ring is 1. The number of rotatable bonds is 4. The molecule has 0 atom stereocenters. The molecule has 4 heteroatoms. The minimum atomic E-state index is 0.219. The molecule has 0 unspecified atom stereocenters. The number of hydrogen-bond donors (Lipinski definition) is 2. The molecular formula is C11H19N3S. The number of aromatic nitrogens is 1. The molecule has 0 amide bonds. The van der Waals surface area contributed by atoms with Crippen LogP contribution in [0.1, 0.15) is 19.5 Å². The molecule has 1 aromatic heterocycles. The summed E-state index contributed by atoms with van der Waals surface area (Å²) in [5.41, 5.74) is 7.32. The maximum Gasteiger partial charge on any atom is 0.126 e. The third-order valence-electron chi connectivity index (χ3n) is 2.37. The topological polar surface area (TPSA) is 50.9 Å². The molecule has 0 aliphatic rings. The largest absolute Gasteiger partial charge is 0.397 e. The summed E-state index contributed by atoms with van der Waals surface area (Å²) in [5, 5.41) is 3.32. The van der Waals surface area contributed by atoms with Gasteiger partial charge in [-0.2, -0.15) is 11.8 Å². The van der Waals surface area contributed by atoms with E-state index in [-0.39, 0.29) is 4.75 Å². The van der Waals surface area contributed by atoms with E-state index in [1.807, 2.05) is 30.8 Å². The lowest BCUT2D eigenvalue weighted by Gasteiger charge is -2.22. The molecule has 3 nitrogen and oxygen atoms in total. The first-order valence-electron chi connectivity index (χ1n) is 4.97. The predicted octanol–water partition coefficient (Wildman–Crippen LogP) is 2.53. The first-order chi connectivity index (χ1) is 6.94. The van der Waals surface area contributed by atoms with Crippen LogP contribution in [0.25, 0.3) is 0 Å². The van der Waals surface area contributed by atoms with Crippen LogP contribution in [-0.4, -0.2) is 22.5 Å². The second kappa shape index (κ2) is 4.75. The molecule has 84 valence electrons.